The van der Waals surface area contributed by atoms with Crippen LogP contribution < -0.4 is 0 Å². The smallest absolute Gasteiger partial charge is 0.0873 e. The minimum absolute atomic E-state index is 0.642. The van der Waals surface area contributed by atoms with E-state index in [1.165, 1.54) is 24.0 Å². The molecule has 1 aliphatic carbocycles. The third kappa shape index (κ3) is 2.23. The van der Waals surface area contributed by atoms with E-state index in [2.05, 4.69) is 26.0 Å². The zero-order valence-corrected chi connectivity index (χ0v) is 9.88. The van der Waals surface area contributed by atoms with Crippen molar-refractivity contribution in [2.24, 2.45) is 5.92 Å². The van der Waals surface area contributed by atoms with Gasteiger partial charge in [0.2, 0.25) is 0 Å². The van der Waals surface area contributed by atoms with E-state index < -0.39 is 5.60 Å². The first kappa shape index (κ1) is 10.7. The average molecular weight is 204 g/mol. The summed E-state index contributed by atoms with van der Waals surface area (Å²) in [5.41, 5.74) is 2.97. The summed E-state index contributed by atoms with van der Waals surface area (Å²) in [6.07, 6.45) is 3.50. The van der Waals surface area contributed by atoms with E-state index in [1.807, 2.05) is 13.0 Å². The van der Waals surface area contributed by atoms with E-state index >= 15 is 0 Å². The van der Waals surface area contributed by atoms with Gasteiger partial charge >= 0.3 is 0 Å². The van der Waals surface area contributed by atoms with E-state index in [0.717, 1.165) is 17.9 Å². The van der Waals surface area contributed by atoms with Crippen LogP contribution in [0.1, 0.15) is 42.9 Å². The summed E-state index contributed by atoms with van der Waals surface area (Å²) < 4.78 is 0. The molecule has 1 unspecified atom stereocenters. The molecule has 1 N–H and O–H groups in total. The molecule has 1 aromatic rings. The lowest BCUT2D eigenvalue weighted by molar-refractivity contribution is 0.0411. The van der Waals surface area contributed by atoms with Gasteiger partial charge in [-0.1, -0.05) is 31.0 Å². The Bertz CT molecular complexity index is 362. The second kappa shape index (κ2) is 3.64. The maximum Gasteiger partial charge on any atom is 0.0873 e. The lowest BCUT2D eigenvalue weighted by atomic mass is 9.86. The number of aliphatic hydroxyl groups is 1. The average Bonchev–Trinajstić information content (AvgIpc) is 2.92. The third-order valence-corrected chi connectivity index (χ3v) is 3.57. The highest BCUT2D eigenvalue weighted by atomic mass is 16.3. The Morgan fingerprint density at radius 2 is 2.00 bits per heavy atom. The molecule has 15 heavy (non-hydrogen) atoms. The minimum atomic E-state index is -0.642. The van der Waals surface area contributed by atoms with Crippen LogP contribution in [-0.2, 0) is 5.60 Å². The molecule has 0 radical (unpaired) electrons. The summed E-state index contributed by atoms with van der Waals surface area (Å²) in [5, 5.41) is 10.5. The van der Waals surface area contributed by atoms with E-state index in [1.54, 1.807) is 0 Å². The van der Waals surface area contributed by atoms with Crippen molar-refractivity contribution in [3.63, 3.8) is 0 Å². The molecule has 0 aliphatic heterocycles. The Balaban J connectivity index is 2.29. The first-order chi connectivity index (χ1) is 7.00. The van der Waals surface area contributed by atoms with Crippen molar-refractivity contribution >= 4 is 0 Å². The molecule has 0 amide bonds. The summed E-state index contributed by atoms with van der Waals surface area (Å²) in [4.78, 5) is 0. The van der Waals surface area contributed by atoms with Crippen LogP contribution >= 0.6 is 0 Å². The molecular formula is C14H20O. The van der Waals surface area contributed by atoms with Crippen LogP contribution in [-0.4, -0.2) is 5.11 Å². The van der Waals surface area contributed by atoms with Crippen LogP contribution in [0.4, 0.5) is 0 Å². The minimum Gasteiger partial charge on any atom is -0.385 e. The van der Waals surface area contributed by atoms with Gasteiger partial charge < -0.3 is 5.11 Å². The zero-order valence-electron chi connectivity index (χ0n) is 9.88. The lowest BCUT2D eigenvalue weighted by Gasteiger charge is -2.26. The molecule has 1 fully saturated rings. The fraction of sp³-hybridized carbons (Fsp3) is 0.571. The van der Waals surface area contributed by atoms with Crippen LogP contribution in [0.2, 0.25) is 0 Å². The van der Waals surface area contributed by atoms with Gasteiger partial charge in [0.15, 0.2) is 0 Å². The second-order valence-corrected chi connectivity index (χ2v) is 5.17. The van der Waals surface area contributed by atoms with Crippen LogP contribution in [0.25, 0.3) is 0 Å². The van der Waals surface area contributed by atoms with Gasteiger partial charge in [-0.3, -0.25) is 0 Å². The van der Waals surface area contributed by atoms with Crippen LogP contribution in [0.3, 0.4) is 0 Å². The van der Waals surface area contributed by atoms with E-state index in [-0.39, 0.29) is 0 Å². The van der Waals surface area contributed by atoms with Crippen molar-refractivity contribution < 1.29 is 5.11 Å². The molecule has 2 rings (SSSR count). The third-order valence-electron chi connectivity index (χ3n) is 3.57. The van der Waals surface area contributed by atoms with E-state index in [4.69, 9.17) is 0 Å². The molecule has 1 aromatic carbocycles. The highest BCUT2D eigenvalue weighted by Gasteiger charge is 2.33. The Kier molecular flexibility index (Phi) is 2.59. The van der Waals surface area contributed by atoms with Crippen LogP contribution in [0.5, 0.6) is 0 Å². The number of aryl methyl sites for hydroxylation is 1. The van der Waals surface area contributed by atoms with Crippen molar-refractivity contribution in [2.45, 2.75) is 45.6 Å². The van der Waals surface area contributed by atoms with Gasteiger partial charge in [0.1, 0.15) is 0 Å². The fourth-order valence-corrected chi connectivity index (χ4v) is 2.33. The SMILES string of the molecule is Cc1cccc(C(C)(O)CC2CC2)c1C. The van der Waals surface area contributed by atoms with Gasteiger partial charge in [-0.2, -0.15) is 0 Å². The highest BCUT2D eigenvalue weighted by molar-refractivity contribution is 5.36. The van der Waals surface area contributed by atoms with E-state index in [9.17, 15) is 5.11 Å². The highest BCUT2D eigenvalue weighted by Crippen LogP contribution is 2.41. The maximum absolute atomic E-state index is 10.5. The zero-order chi connectivity index (χ0) is 11.1. The van der Waals surface area contributed by atoms with Gasteiger partial charge in [0, 0.05) is 0 Å². The van der Waals surface area contributed by atoms with Crippen molar-refractivity contribution in [3.8, 4) is 0 Å². The molecule has 1 aliphatic rings. The van der Waals surface area contributed by atoms with Gasteiger partial charge in [-0.25, -0.2) is 0 Å². The lowest BCUT2D eigenvalue weighted by Crippen LogP contribution is -2.23. The summed E-state index contributed by atoms with van der Waals surface area (Å²) in [6.45, 7) is 6.16. The van der Waals surface area contributed by atoms with Crippen molar-refractivity contribution in [1.82, 2.24) is 0 Å². The van der Waals surface area contributed by atoms with Gasteiger partial charge in [-0.15, -0.1) is 0 Å². The predicted octanol–water partition coefficient (Wildman–Crippen LogP) is 3.31. The van der Waals surface area contributed by atoms with E-state index in [0.29, 0.717) is 0 Å². The molecule has 1 heteroatoms. The van der Waals surface area contributed by atoms with Gasteiger partial charge in [0.05, 0.1) is 5.60 Å². The summed E-state index contributed by atoms with van der Waals surface area (Å²) in [6, 6.07) is 6.20. The number of rotatable bonds is 3. The molecular weight excluding hydrogens is 184 g/mol. The largest absolute Gasteiger partial charge is 0.385 e. The number of benzene rings is 1. The monoisotopic (exact) mass is 204 g/mol. The molecule has 82 valence electrons. The molecule has 0 bridgehead atoms. The molecule has 1 nitrogen and oxygen atoms in total. The summed E-state index contributed by atoms with van der Waals surface area (Å²) in [7, 11) is 0. The Morgan fingerprint density at radius 1 is 1.33 bits per heavy atom. The maximum atomic E-state index is 10.5. The quantitative estimate of drug-likeness (QED) is 0.801. The molecule has 1 saturated carbocycles. The molecule has 0 saturated heterocycles. The van der Waals surface area contributed by atoms with Crippen molar-refractivity contribution in [1.29, 1.82) is 0 Å². The standard InChI is InChI=1S/C14H20O/c1-10-5-4-6-13(11(10)2)14(3,15)9-12-7-8-12/h4-6,12,15H,7-9H2,1-3H3. The van der Waals surface area contributed by atoms with Crippen LogP contribution in [0, 0.1) is 19.8 Å². The predicted molar refractivity (Wildman–Crippen MR) is 62.8 cm³/mol. The number of hydrogen-bond acceptors (Lipinski definition) is 1. The molecule has 0 aromatic heterocycles. The van der Waals surface area contributed by atoms with Gasteiger partial charge in [-0.05, 0) is 49.8 Å². The number of hydrogen-bond donors (Lipinski definition) is 1. The second-order valence-electron chi connectivity index (χ2n) is 5.17. The first-order valence-electron chi connectivity index (χ1n) is 5.80. The summed E-state index contributed by atoms with van der Waals surface area (Å²) in [5.74, 6) is 0.750. The molecule has 0 spiro atoms. The Hall–Kier alpha value is -0.820. The summed E-state index contributed by atoms with van der Waals surface area (Å²) >= 11 is 0. The van der Waals surface area contributed by atoms with Gasteiger partial charge in [0.25, 0.3) is 0 Å². The van der Waals surface area contributed by atoms with Crippen molar-refractivity contribution in [3.05, 3.63) is 34.9 Å². The first-order valence-corrected chi connectivity index (χ1v) is 5.80. The molecule has 0 heterocycles. The Labute approximate surface area is 92.1 Å². The topological polar surface area (TPSA) is 20.2 Å². The molecule has 1 atom stereocenters. The fourth-order valence-electron chi connectivity index (χ4n) is 2.33. The Morgan fingerprint density at radius 3 is 2.60 bits per heavy atom. The normalized spacial score (nSPS) is 20.0. The van der Waals surface area contributed by atoms with Crippen molar-refractivity contribution in [2.75, 3.05) is 0 Å². The van der Waals surface area contributed by atoms with Crippen LogP contribution in [0.15, 0.2) is 18.2 Å².